The van der Waals surface area contributed by atoms with Crippen LogP contribution in [0.3, 0.4) is 0 Å². The van der Waals surface area contributed by atoms with Crippen molar-refractivity contribution in [1.82, 2.24) is 19.9 Å². The molecule has 7 nitrogen and oxygen atoms in total. The largest absolute Gasteiger partial charge is 0.380 e. The van der Waals surface area contributed by atoms with E-state index in [1.807, 2.05) is 55.7 Å². The number of carbonyl (C=O) groups is 1. The quantitative estimate of drug-likeness (QED) is 0.381. The molecule has 0 saturated carbocycles. The molecule has 164 valence electrons. The zero-order chi connectivity index (χ0) is 22.3. The molecule has 8 heteroatoms. The second kappa shape index (κ2) is 10.4. The van der Waals surface area contributed by atoms with Crippen molar-refractivity contribution in [2.45, 2.75) is 13.5 Å². The number of hydrogen-bond donors (Lipinski definition) is 1. The van der Waals surface area contributed by atoms with Crippen LogP contribution in [0.1, 0.15) is 23.0 Å². The highest BCUT2D eigenvalue weighted by atomic mass is 32.1. The Morgan fingerprint density at radius 2 is 2.06 bits per heavy atom. The van der Waals surface area contributed by atoms with E-state index in [1.54, 1.807) is 18.5 Å². The third-order valence-electron chi connectivity index (χ3n) is 4.95. The number of nitrogens with zero attached hydrogens (tertiary/aromatic N) is 4. The maximum atomic E-state index is 13.1. The number of para-hydroxylation sites is 1. The topological polar surface area (TPSA) is 80.2 Å². The monoisotopic (exact) mass is 447 g/mol. The number of fused-ring (bicyclic) bond motifs is 1. The second-order valence-electron chi connectivity index (χ2n) is 7.35. The minimum Gasteiger partial charge on any atom is -0.380 e. The van der Waals surface area contributed by atoms with Crippen LogP contribution in [-0.2, 0) is 11.3 Å². The van der Waals surface area contributed by atoms with E-state index >= 15 is 0 Å². The number of benzene rings is 1. The van der Waals surface area contributed by atoms with Crippen LogP contribution in [-0.4, -0.2) is 52.6 Å². The Balaban J connectivity index is 1.50. The van der Waals surface area contributed by atoms with Gasteiger partial charge in [0.25, 0.3) is 5.91 Å². The maximum Gasteiger partial charge on any atom is 0.259 e. The number of amides is 1. The van der Waals surface area contributed by atoms with Crippen molar-refractivity contribution in [3.05, 3.63) is 71.5 Å². The Morgan fingerprint density at radius 1 is 1.16 bits per heavy atom. The molecule has 1 amide bonds. The molecule has 32 heavy (non-hydrogen) atoms. The Kier molecular flexibility index (Phi) is 7.16. The average molecular weight is 448 g/mol. The average Bonchev–Trinajstić information content (AvgIpc) is 3.25. The van der Waals surface area contributed by atoms with E-state index in [4.69, 9.17) is 9.72 Å². The number of anilines is 1. The van der Waals surface area contributed by atoms with Crippen LogP contribution >= 0.6 is 11.3 Å². The number of pyridine rings is 2. The third-order valence-corrected chi connectivity index (χ3v) is 5.75. The Labute approximate surface area is 191 Å². The summed E-state index contributed by atoms with van der Waals surface area (Å²) in [5, 5.41) is 6.37. The summed E-state index contributed by atoms with van der Waals surface area (Å²) in [4.78, 5) is 28.7. The third kappa shape index (κ3) is 5.34. The maximum absolute atomic E-state index is 13.1. The lowest BCUT2D eigenvalue weighted by molar-refractivity contribution is 0.102. The highest BCUT2D eigenvalue weighted by molar-refractivity contribution is 7.14. The normalized spacial score (nSPS) is 11.2. The van der Waals surface area contributed by atoms with Crippen LogP contribution in [0.2, 0.25) is 0 Å². The number of rotatable bonds is 9. The molecular formula is C24H25N5O2S. The van der Waals surface area contributed by atoms with E-state index in [0.29, 0.717) is 36.0 Å². The van der Waals surface area contributed by atoms with Gasteiger partial charge in [-0.2, -0.15) is 0 Å². The summed E-state index contributed by atoms with van der Waals surface area (Å²) in [5.41, 5.74) is 3.76. The molecule has 0 aliphatic heterocycles. The van der Waals surface area contributed by atoms with Gasteiger partial charge in [-0.15, -0.1) is 11.3 Å². The molecule has 0 atom stereocenters. The van der Waals surface area contributed by atoms with Gasteiger partial charge in [0.2, 0.25) is 0 Å². The highest BCUT2D eigenvalue weighted by Gasteiger charge is 2.15. The fraction of sp³-hybridized carbons (Fsp3) is 0.250. The van der Waals surface area contributed by atoms with Crippen molar-refractivity contribution < 1.29 is 9.53 Å². The zero-order valence-electron chi connectivity index (χ0n) is 18.1. The van der Waals surface area contributed by atoms with Crippen molar-refractivity contribution in [3.63, 3.8) is 0 Å². The van der Waals surface area contributed by atoms with Gasteiger partial charge in [0.15, 0.2) is 5.13 Å². The fourth-order valence-electron chi connectivity index (χ4n) is 3.33. The van der Waals surface area contributed by atoms with Crippen molar-refractivity contribution in [2.24, 2.45) is 0 Å². The standard InChI is InChI=1S/C24H25N5O2S/c1-3-31-13-12-29(2)15-19-16-32-24(26-19)28-23(30)20-8-4-6-17-9-10-21(27-22(17)20)18-7-5-11-25-14-18/h4-11,14,16H,3,12-13,15H2,1-2H3,(H,26,28,30). The van der Waals surface area contributed by atoms with E-state index in [1.165, 1.54) is 11.3 Å². The number of nitrogens with one attached hydrogen (secondary N) is 1. The minimum atomic E-state index is -0.225. The molecule has 0 aliphatic carbocycles. The first-order valence-corrected chi connectivity index (χ1v) is 11.3. The van der Waals surface area contributed by atoms with Gasteiger partial charge in [0.1, 0.15) is 0 Å². The Bertz CT molecular complexity index is 1200. The van der Waals surface area contributed by atoms with Gasteiger partial charge in [0, 0.05) is 48.4 Å². The number of aromatic nitrogens is 3. The molecule has 0 saturated heterocycles. The number of thiazole rings is 1. The van der Waals surface area contributed by atoms with Crippen molar-refractivity contribution >= 4 is 33.3 Å². The van der Waals surface area contributed by atoms with E-state index in [9.17, 15) is 4.79 Å². The molecule has 4 rings (SSSR count). The van der Waals surface area contributed by atoms with Gasteiger partial charge in [-0.25, -0.2) is 9.97 Å². The summed E-state index contributed by atoms with van der Waals surface area (Å²) >= 11 is 1.42. The van der Waals surface area contributed by atoms with Crippen molar-refractivity contribution in [2.75, 3.05) is 32.1 Å². The summed E-state index contributed by atoms with van der Waals surface area (Å²) in [5.74, 6) is -0.225. The van der Waals surface area contributed by atoms with Crippen molar-refractivity contribution in [3.8, 4) is 11.3 Å². The lowest BCUT2D eigenvalue weighted by Gasteiger charge is -2.14. The molecule has 1 aromatic carbocycles. The molecule has 3 heterocycles. The predicted octanol–water partition coefficient (Wildman–Crippen LogP) is 4.47. The lowest BCUT2D eigenvalue weighted by Crippen LogP contribution is -2.23. The number of hydrogen-bond acceptors (Lipinski definition) is 7. The van der Waals surface area contributed by atoms with Crippen LogP contribution in [0, 0.1) is 0 Å². The number of likely N-dealkylation sites (N-methyl/N-ethyl adjacent to an activating group) is 1. The summed E-state index contributed by atoms with van der Waals surface area (Å²) in [7, 11) is 2.03. The zero-order valence-corrected chi connectivity index (χ0v) is 18.9. The molecule has 0 radical (unpaired) electrons. The summed E-state index contributed by atoms with van der Waals surface area (Å²) < 4.78 is 5.39. The molecule has 0 unspecified atom stereocenters. The van der Waals surface area contributed by atoms with E-state index < -0.39 is 0 Å². The number of ether oxygens (including phenoxy) is 1. The SMILES string of the molecule is CCOCCN(C)Cc1csc(NC(=O)c2cccc3ccc(-c4cccnc4)nc23)n1. The van der Waals surface area contributed by atoms with E-state index in [2.05, 4.69) is 20.2 Å². The molecule has 0 bridgehead atoms. The molecule has 0 aliphatic rings. The minimum absolute atomic E-state index is 0.225. The predicted molar refractivity (Wildman–Crippen MR) is 128 cm³/mol. The molecule has 4 aromatic rings. The van der Waals surface area contributed by atoms with Gasteiger partial charge >= 0.3 is 0 Å². The van der Waals surface area contributed by atoms with Crippen molar-refractivity contribution in [1.29, 1.82) is 0 Å². The molecular weight excluding hydrogens is 422 g/mol. The van der Waals surface area contributed by atoms with Crippen LogP contribution in [0.25, 0.3) is 22.2 Å². The van der Waals surface area contributed by atoms with Gasteiger partial charge in [-0.3, -0.25) is 20.0 Å². The smallest absolute Gasteiger partial charge is 0.259 e. The van der Waals surface area contributed by atoms with Crippen LogP contribution < -0.4 is 5.32 Å². The van der Waals surface area contributed by atoms with E-state index in [-0.39, 0.29) is 5.91 Å². The first-order valence-electron chi connectivity index (χ1n) is 10.5. The summed E-state index contributed by atoms with van der Waals surface area (Å²) in [6.45, 7) is 4.92. The molecule has 3 aromatic heterocycles. The second-order valence-corrected chi connectivity index (χ2v) is 8.21. The fourth-order valence-corrected chi connectivity index (χ4v) is 4.02. The van der Waals surface area contributed by atoms with Crippen LogP contribution in [0.15, 0.2) is 60.2 Å². The first kappa shape index (κ1) is 22.0. The molecule has 0 spiro atoms. The Hall–Kier alpha value is -3.20. The van der Waals surface area contributed by atoms with Crippen LogP contribution in [0.5, 0.6) is 0 Å². The van der Waals surface area contributed by atoms with Gasteiger partial charge in [-0.05, 0) is 38.2 Å². The summed E-state index contributed by atoms with van der Waals surface area (Å²) in [6, 6.07) is 13.3. The van der Waals surface area contributed by atoms with Crippen LogP contribution in [0.4, 0.5) is 5.13 Å². The Morgan fingerprint density at radius 3 is 2.88 bits per heavy atom. The first-order chi connectivity index (χ1) is 15.6. The van der Waals surface area contributed by atoms with Gasteiger partial charge in [-0.1, -0.05) is 18.2 Å². The van der Waals surface area contributed by atoms with E-state index in [0.717, 1.165) is 28.9 Å². The highest BCUT2D eigenvalue weighted by Crippen LogP contribution is 2.24. The summed E-state index contributed by atoms with van der Waals surface area (Å²) in [6.07, 6.45) is 3.49. The lowest BCUT2D eigenvalue weighted by atomic mass is 10.1. The van der Waals surface area contributed by atoms with Gasteiger partial charge < -0.3 is 4.74 Å². The molecule has 1 N–H and O–H groups in total. The van der Waals surface area contributed by atoms with Gasteiger partial charge in [0.05, 0.1) is 29.1 Å². The number of carbonyl (C=O) groups excluding carboxylic acids is 1. The molecule has 0 fully saturated rings.